The first-order valence-electron chi connectivity index (χ1n) is 13.9. The molecule has 1 saturated heterocycles. The highest BCUT2D eigenvalue weighted by Crippen LogP contribution is 2.34. The highest BCUT2D eigenvalue weighted by atomic mass is 16.3. The van der Waals surface area contributed by atoms with Crippen LogP contribution in [-0.4, -0.2) is 98.0 Å². The average Bonchev–Trinajstić information content (AvgIpc) is 2.94. The van der Waals surface area contributed by atoms with Gasteiger partial charge in [0.25, 0.3) is 5.91 Å². The second-order valence-electron chi connectivity index (χ2n) is 11.1. The zero-order valence-electron chi connectivity index (χ0n) is 23.7. The monoisotopic (exact) mass is 566 g/mol. The first kappa shape index (κ1) is 29.9. The predicted molar refractivity (Wildman–Crippen MR) is 148 cm³/mol. The van der Waals surface area contributed by atoms with E-state index < -0.39 is 53.9 Å². The molecule has 1 aliphatic heterocycles. The van der Waals surface area contributed by atoms with Crippen LogP contribution in [0.3, 0.4) is 0 Å². The van der Waals surface area contributed by atoms with Gasteiger partial charge in [-0.2, -0.15) is 0 Å². The van der Waals surface area contributed by atoms with Gasteiger partial charge in [-0.1, -0.05) is 19.4 Å². The number of nitrogens with zero attached hydrogens (tertiary/aromatic N) is 4. The van der Waals surface area contributed by atoms with Gasteiger partial charge in [0.05, 0.1) is 24.1 Å². The van der Waals surface area contributed by atoms with Crippen molar-refractivity contribution in [3.63, 3.8) is 0 Å². The van der Waals surface area contributed by atoms with E-state index in [1.165, 1.54) is 28.1 Å². The standard InChI is InChI=1S/C29H38N6O6/c1-16-25(37)20(14-18-8-6-12-30-15-18)32-26(38)22(33-27(39)23-21(36)11-7-13-31-23)17(2)34(3)29(41)24(19-9-5-10-19)35(4)28(16)40/h6-8,11-13,15-17,19-20,22,24-25,36-37H,5,9-10,14H2,1-4H3,(H,32,38)(H,33,39)/t16-,17-,20+,22+,24?,25+/m1/s1. The number of aromatic nitrogens is 2. The molecule has 12 nitrogen and oxygen atoms in total. The number of carbonyl (C=O) groups excluding carboxylic acids is 4. The Morgan fingerprint density at radius 2 is 1.78 bits per heavy atom. The van der Waals surface area contributed by atoms with Gasteiger partial charge in [-0.25, -0.2) is 4.98 Å². The molecular weight excluding hydrogens is 528 g/mol. The summed E-state index contributed by atoms with van der Waals surface area (Å²) in [6, 6.07) is 2.45. The molecule has 2 fully saturated rings. The van der Waals surface area contributed by atoms with Crippen LogP contribution in [0.4, 0.5) is 0 Å². The maximum absolute atomic E-state index is 13.9. The van der Waals surface area contributed by atoms with Gasteiger partial charge in [-0.3, -0.25) is 24.2 Å². The van der Waals surface area contributed by atoms with Crippen molar-refractivity contribution in [3.05, 3.63) is 54.1 Å². The molecule has 1 saturated carbocycles. The van der Waals surface area contributed by atoms with Crippen molar-refractivity contribution in [3.8, 4) is 5.75 Å². The van der Waals surface area contributed by atoms with Gasteiger partial charge in [0.2, 0.25) is 17.7 Å². The van der Waals surface area contributed by atoms with Gasteiger partial charge in [0.15, 0.2) is 5.69 Å². The first-order valence-corrected chi connectivity index (χ1v) is 13.9. The van der Waals surface area contributed by atoms with Crippen LogP contribution in [0.2, 0.25) is 0 Å². The molecule has 0 bridgehead atoms. The Labute approximate surface area is 239 Å². The van der Waals surface area contributed by atoms with Gasteiger partial charge < -0.3 is 30.6 Å². The normalized spacial score (nSPS) is 28.3. The first-order chi connectivity index (χ1) is 19.5. The van der Waals surface area contributed by atoms with Crippen molar-refractivity contribution in [2.75, 3.05) is 14.1 Å². The summed E-state index contributed by atoms with van der Waals surface area (Å²) in [4.78, 5) is 65.4. The Morgan fingerprint density at radius 3 is 2.39 bits per heavy atom. The Hall–Kier alpha value is -4.06. The fourth-order valence-corrected chi connectivity index (χ4v) is 5.51. The molecule has 2 aliphatic rings. The molecule has 3 heterocycles. The topological polar surface area (TPSA) is 165 Å². The summed E-state index contributed by atoms with van der Waals surface area (Å²) in [5.74, 6) is -3.59. The molecule has 4 rings (SSSR count). The van der Waals surface area contributed by atoms with Gasteiger partial charge in [0, 0.05) is 32.7 Å². The van der Waals surface area contributed by atoms with Gasteiger partial charge >= 0.3 is 0 Å². The quantitative estimate of drug-likeness (QED) is 0.406. The lowest BCUT2D eigenvalue weighted by atomic mass is 9.78. The van der Waals surface area contributed by atoms with E-state index in [1.54, 1.807) is 52.5 Å². The third-order valence-electron chi connectivity index (χ3n) is 8.45. The maximum atomic E-state index is 13.9. The smallest absolute Gasteiger partial charge is 0.274 e. The minimum Gasteiger partial charge on any atom is -0.505 e. The number of aromatic hydroxyl groups is 1. The van der Waals surface area contributed by atoms with Crippen molar-refractivity contribution in [1.29, 1.82) is 0 Å². The third kappa shape index (κ3) is 6.32. The molecule has 220 valence electrons. The van der Waals surface area contributed by atoms with Crippen LogP contribution in [0.1, 0.15) is 49.2 Å². The predicted octanol–water partition coefficient (Wildman–Crippen LogP) is 0.493. The SMILES string of the molecule is C[C@@H]1[C@H](NC(=O)c2ncccc2O)C(=O)N[C@@H](Cc2cccnc2)[C@@H](O)[C@@H](C)C(=O)N(C)C(C2CCC2)C(=O)N1C. The van der Waals surface area contributed by atoms with E-state index in [1.807, 2.05) is 0 Å². The zero-order chi connectivity index (χ0) is 29.8. The van der Waals surface area contributed by atoms with Crippen LogP contribution in [0.25, 0.3) is 0 Å². The highest BCUT2D eigenvalue weighted by Gasteiger charge is 2.45. The molecule has 2 aromatic rings. The number of likely N-dealkylation sites (N-methyl/N-ethyl adjacent to an activating group) is 2. The van der Waals surface area contributed by atoms with Gasteiger partial charge in [-0.05, 0) is 55.9 Å². The highest BCUT2D eigenvalue weighted by molar-refractivity contribution is 5.98. The molecule has 0 radical (unpaired) electrons. The molecule has 2 aromatic heterocycles. The van der Waals surface area contributed by atoms with Gasteiger partial charge in [0.1, 0.15) is 17.8 Å². The molecule has 4 N–H and O–H groups in total. The van der Waals surface area contributed by atoms with Crippen LogP contribution >= 0.6 is 0 Å². The minimum atomic E-state index is -1.31. The van der Waals surface area contributed by atoms with E-state index in [9.17, 15) is 29.4 Å². The van der Waals surface area contributed by atoms with E-state index in [0.29, 0.717) is 0 Å². The number of aliphatic hydroxyl groups excluding tert-OH is 1. The van der Waals surface area contributed by atoms with Crippen molar-refractivity contribution in [2.24, 2.45) is 11.8 Å². The van der Waals surface area contributed by atoms with Crippen LogP contribution in [-0.2, 0) is 20.8 Å². The largest absolute Gasteiger partial charge is 0.505 e. The lowest BCUT2D eigenvalue weighted by Gasteiger charge is -2.44. The van der Waals surface area contributed by atoms with Crippen LogP contribution in [0.5, 0.6) is 5.75 Å². The molecule has 12 heteroatoms. The molecule has 1 aliphatic carbocycles. The molecule has 0 aromatic carbocycles. The number of aliphatic hydroxyl groups is 1. The summed E-state index contributed by atoms with van der Waals surface area (Å²) in [7, 11) is 3.12. The number of rotatable bonds is 5. The summed E-state index contributed by atoms with van der Waals surface area (Å²) in [6.07, 6.45) is 5.90. The lowest BCUT2D eigenvalue weighted by Crippen LogP contribution is -2.65. The summed E-state index contributed by atoms with van der Waals surface area (Å²) in [6.45, 7) is 3.21. The summed E-state index contributed by atoms with van der Waals surface area (Å²) >= 11 is 0. The van der Waals surface area contributed by atoms with Crippen molar-refractivity contribution < 1.29 is 29.4 Å². The zero-order valence-corrected chi connectivity index (χ0v) is 23.7. The number of hydrogen-bond acceptors (Lipinski definition) is 8. The molecule has 41 heavy (non-hydrogen) atoms. The van der Waals surface area contributed by atoms with E-state index in [0.717, 1.165) is 24.8 Å². The second kappa shape index (κ2) is 12.6. The van der Waals surface area contributed by atoms with E-state index >= 15 is 0 Å². The maximum Gasteiger partial charge on any atom is 0.274 e. The fourth-order valence-electron chi connectivity index (χ4n) is 5.51. The summed E-state index contributed by atoms with van der Waals surface area (Å²) in [5, 5.41) is 27.1. The summed E-state index contributed by atoms with van der Waals surface area (Å²) in [5.41, 5.74) is 0.453. The fraction of sp³-hybridized carbons (Fsp3) is 0.517. The van der Waals surface area contributed by atoms with E-state index in [2.05, 4.69) is 20.6 Å². The van der Waals surface area contributed by atoms with Crippen molar-refractivity contribution in [1.82, 2.24) is 30.4 Å². The lowest BCUT2D eigenvalue weighted by molar-refractivity contribution is -0.154. The summed E-state index contributed by atoms with van der Waals surface area (Å²) < 4.78 is 0. The van der Waals surface area contributed by atoms with Gasteiger partial charge in [-0.15, -0.1) is 0 Å². The molecule has 4 amide bonds. The number of carbonyl (C=O) groups is 4. The number of amides is 4. The molecular formula is C29H38N6O6. The Balaban J connectivity index is 1.74. The third-order valence-corrected chi connectivity index (χ3v) is 8.45. The van der Waals surface area contributed by atoms with E-state index in [-0.39, 0.29) is 29.7 Å². The molecule has 6 atom stereocenters. The van der Waals surface area contributed by atoms with Crippen LogP contribution in [0.15, 0.2) is 42.9 Å². The number of hydrogen-bond donors (Lipinski definition) is 4. The number of pyridine rings is 2. The van der Waals surface area contributed by atoms with Crippen LogP contribution < -0.4 is 10.6 Å². The van der Waals surface area contributed by atoms with Crippen molar-refractivity contribution >= 4 is 23.6 Å². The van der Waals surface area contributed by atoms with E-state index in [4.69, 9.17) is 0 Å². The van der Waals surface area contributed by atoms with Crippen molar-refractivity contribution in [2.45, 2.75) is 69.8 Å². The molecule has 0 spiro atoms. The Bertz CT molecular complexity index is 1270. The number of nitrogens with one attached hydrogen (secondary N) is 2. The second-order valence-corrected chi connectivity index (χ2v) is 11.1. The molecule has 1 unspecified atom stereocenters. The Morgan fingerprint density at radius 1 is 1.07 bits per heavy atom. The minimum absolute atomic E-state index is 0.0584. The van der Waals surface area contributed by atoms with Crippen LogP contribution in [0, 0.1) is 11.8 Å². The average molecular weight is 567 g/mol. The Kier molecular flexibility index (Phi) is 9.21.